The number of alkyl carbamates (subject to hydrolysis) is 1. The quantitative estimate of drug-likeness (QED) is 0.580. The van der Waals surface area contributed by atoms with Gasteiger partial charge in [0.25, 0.3) is 0 Å². The van der Waals surface area contributed by atoms with Gasteiger partial charge in [0.1, 0.15) is 28.1 Å². The lowest BCUT2D eigenvalue weighted by Gasteiger charge is -2.19. The molecule has 2 heterocycles. The smallest absolute Gasteiger partial charge is 0.433 e. The Kier molecular flexibility index (Phi) is 6.21. The summed E-state index contributed by atoms with van der Waals surface area (Å²) in [7, 11) is 1.30. The second-order valence-electron chi connectivity index (χ2n) is 7.97. The van der Waals surface area contributed by atoms with Crippen LogP contribution in [-0.2, 0) is 17.5 Å². The number of carbonyl (C=O) groups is 2. The maximum Gasteiger partial charge on any atom is 0.433 e. The van der Waals surface area contributed by atoms with Crippen molar-refractivity contribution in [1.82, 2.24) is 20.1 Å². The number of carboxylic acids is 1. The van der Waals surface area contributed by atoms with E-state index in [-0.39, 0.29) is 40.1 Å². The van der Waals surface area contributed by atoms with E-state index in [4.69, 9.17) is 9.47 Å². The molecule has 0 aliphatic heterocycles. The molecule has 0 bridgehead atoms. The van der Waals surface area contributed by atoms with Crippen molar-refractivity contribution in [3.05, 3.63) is 47.4 Å². The third-order valence-electron chi connectivity index (χ3n) is 4.37. The van der Waals surface area contributed by atoms with Crippen LogP contribution in [0.2, 0.25) is 0 Å². The number of methoxy groups -OCH3 is 1. The predicted octanol–water partition coefficient (Wildman–Crippen LogP) is 4.17. The van der Waals surface area contributed by atoms with Gasteiger partial charge in [-0.25, -0.2) is 19.3 Å². The van der Waals surface area contributed by atoms with Crippen LogP contribution in [0.15, 0.2) is 30.5 Å². The summed E-state index contributed by atoms with van der Waals surface area (Å²) in [5, 5.41) is 16.5. The molecule has 0 fully saturated rings. The summed E-state index contributed by atoms with van der Waals surface area (Å²) >= 11 is 0. The third kappa shape index (κ3) is 5.33. The van der Waals surface area contributed by atoms with Gasteiger partial charge < -0.3 is 19.9 Å². The molecular formula is C21H21F3N4O5. The topological polar surface area (TPSA) is 116 Å². The number of amides is 1. The van der Waals surface area contributed by atoms with E-state index in [0.717, 1.165) is 6.07 Å². The molecule has 0 radical (unpaired) electrons. The number of nitrogens with zero attached hydrogens (tertiary/aromatic N) is 3. The van der Waals surface area contributed by atoms with Gasteiger partial charge in [-0.15, -0.1) is 0 Å². The van der Waals surface area contributed by atoms with Crippen LogP contribution in [0.5, 0.6) is 5.75 Å². The molecule has 33 heavy (non-hydrogen) atoms. The highest BCUT2D eigenvalue weighted by Gasteiger charge is 2.33. The Morgan fingerprint density at radius 2 is 1.85 bits per heavy atom. The molecule has 2 aromatic heterocycles. The molecule has 0 spiro atoms. The minimum absolute atomic E-state index is 0.0252. The van der Waals surface area contributed by atoms with Crippen LogP contribution in [0.3, 0.4) is 0 Å². The minimum atomic E-state index is -4.65. The van der Waals surface area contributed by atoms with Gasteiger partial charge >= 0.3 is 18.2 Å². The van der Waals surface area contributed by atoms with Gasteiger partial charge in [-0.05, 0) is 45.0 Å². The number of pyridine rings is 1. The van der Waals surface area contributed by atoms with Gasteiger partial charge in [-0.2, -0.15) is 18.3 Å². The van der Waals surface area contributed by atoms with Gasteiger partial charge in [0, 0.05) is 11.6 Å². The molecule has 0 saturated heterocycles. The van der Waals surface area contributed by atoms with Crippen LogP contribution >= 0.6 is 0 Å². The fourth-order valence-electron chi connectivity index (χ4n) is 3.01. The van der Waals surface area contributed by atoms with Crippen LogP contribution < -0.4 is 10.1 Å². The molecule has 12 heteroatoms. The third-order valence-corrected chi connectivity index (χ3v) is 4.37. The van der Waals surface area contributed by atoms with Crippen LogP contribution in [0, 0.1) is 0 Å². The summed E-state index contributed by atoms with van der Waals surface area (Å²) in [5.41, 5.74) is -1.81. The summed E-state index contributed by atoms with van der Waals surface area (Å²) in [5.74, 6) is -1.19. The van der Waals surface area contributed by atoms with E-state index in [0.29, 0.717) is 0 Å². The number of nitrogens with one attached hydrogen (secondary N) is 1. The molecule has 0 aliphatic carbocycles. The van der Waals surface area contributed by atoms with E-state index in [1.165, 1.54) is 36.2 Å². The monoisotopic (exact) mass is 466 g/mol. The maximum atomic E-state index is 13.1. The largest absolute Gasteiger partial charge is 0.494 e. The van der Waals surface area contributed by atoms with E-state index in [9.17, 15) is 27.9 Å². The average Bonchev–Trinajstić information content (AvgIpc) is 3.13. The lowest BCUT2D eigenvalue weighted by Crippen LogP contribution is -2.32. The Hall–Kier alpha value is -3.83. The molecular weight excluding hydrogens is 445 g/mol. The summed E-state index contributed by atoms with van der Waals surface area (Å²) < 4.78 is 50.9. The zero-order chi connectivity index (χ0) is 24.6. The summed E-state index contributed by atoms with van der Waals surface area (Å²) in [4.78, 5) is 27.3. The second-order valence-corrected chi connectivity index (χ2v) is 7.97. The average molecular weight is 466 g/mol. The normalized spacial score (nSPS) is 12.0. The van der Waals surface area contributed by atoms with Crippen molar-refractivity contribution in [2.75, 3.05) is 7.11 Å². The maximum absolute atomic E-state index is 13.1. The number of aromatic carboxylic acids is 1. The number of hydrogen-bond donors (Lipinski definition) is 2. The second kappa shape index (κ2) is 8.60. The fraction of sp³-hybridized carbons (Fsp3) is 0.333. The number of carboxylic acid groups (broad SMARTS) is 1. The first-order chi connectivity index (χ1) is 15.3. The van der Waals surface area contributed by atoms with Gasteiger partial charge in [0.05, 0.1) is 25.0 Å². The molecule has 3 rings (SSSR count). The van der Waals surface area contributed by atoms with Crippen molar-refractivity contribution in [1.29, 1.82) is 0 Å². The summed E-state index contributed by atoms with van der Waals surface area (Å²) in [6.45, 7) is 4.79. The van der Waals surface area contributed by atoms with E-state index < -0.39 is 29.5 Å². The highest BCUT2D eigenvalue weighted by Crippen LogP contribution is 2.34. The number of fused-ring (bicyclic) bond motifs is 1. The van der Waals surface area contributed by atoms with E-state index >= 15 is 0 Å². The highest BCUT2D eigenvalue weighted by molar-refractivity contribution is 5.93. The number of alkyl halides is 3. The van der Waals surface area contributed by atoms with E-state index in [1.54, 1.807) is 20.8 Å². The molecule has 3 aromatic rings. The molecule has 0 unspecified atom stereocenters. The number of carbonyl (C=O) groups excluding carboxylic acids is 1. The molecule has 0 aliphatic rings. The van der Waals surface area contributed by atoms with Crippen LogP contribution in [-0.4, -0.2) is 44.6 Å². The Bertz CT molecular complexity index is 1220. The summed E-state index contributed by atoms with van der Waals surface area (Å²) in [6, 6.07) is 4.95. The Labute approximate surface area is 186 Å². The number of hydrogen-bond acceptors (Lipinski definition) is 6. The van der Waals surface area contributed by atoms with Gasteiger partial charge in [0.2, 0.25) is 0 Å². The summed E-state index contributed by atoms with van der Waals surface area (Å²) in [6.07, 6.45) is -4.21. The van der Waals surface area contributed by atoms with Gasteiger partial charge in [-0.3, -0.25) is 0 Å². The van der Waals surface area contributed by atoms with Crippen LogP contribution in [0.1, 0.15) is 42.5 Å². The van der Waals surface area contributed by atoms with Crippen LogP contribution in [0.4, 0.5) is 18.0 Å². The molecule has 9 nitrogen and oxygen atoms in total. The van der Waals surface area contributed by atoms with Crippen molar-refractivity contribution in [2.45, 2.75) is 39.1 Å². The van der Waals surface area contributed by atoms with Crippen molar-refractivity contribution in [3.63, 3.8) is 0 Å². The first-order valence-corrected chi connectivity index (χ1v) is 9.64. The number of ether oxygens (including phenoxy) is 2. The Morgan fingerprint density at radius 3 is 2.42 bits per heavy atom. The first kappa shape index (κ1) is 23.8. The van der Waals surface area contributed by atoms with E-state index in [1.807, 2.05) is 0 Å². The first-order valence-electron chi connectivity index (χ1n) is 9.64. The Balaban J connectivity index is 2.04. The van der Waals surface area contributed by atoms with Crippen molar-refractivity contribution in [3.8, 4) is 11.4 Å². The van der Waals surface area contributed by atoms with Crippen molar-refractivity contribution in [2.24, 2.45) is 0 Å². The van der Waals surface area contributed by atoms with Gasteiger partial charge in [0.15, 0.2) is 0 Å². The fourth-order valence-corrected chi connectivity index (χ4v) is 3.01. The Morgan fingerprint density at radius 1 is 1.15 bits per heavy atom. The predicted molar refractivity (Wildman–Crippen MR) is 110 cm³/mol. The standard InChI is InChI=1S/C21H21F3N4O5/c1-20(2,3)33-19(31)25-9-13-12(18(29)30)10-28(27-13)14-6-7-15(32-4)17-11(14)5-8-16(26-17)21(22,23)24/h5-8,10H,9H2,1-4H3,(H,25,31)(H,29,30). The van der Waals surface area contributed by atoms with Crippen molar-refractivity contribution < 1.29 is 37.3 Å². The van der Waals surface area contributed by atoms with Gasteiger partial charge in [-0.1, -0.05) is 0 Å². The molecule has 1 amide bonds. The lowest BCUT2D eigenvalue weighted by molar-refractivity contribution is -0.140. The van der Waals surface area contributed by atoms with E-state index in [2.05, 4.69) is 15.4 Å². The molecule has 176 valence electrons. The molecule has 0 saturated carbocycles. The van der Waals surface area contributed by atoms with Crippen LogP contribution in [0.25, 0.3) is 16.6 Å². The number of halogens is 3. The minimum Gasteiger partial charge on any atom is -0.494 e. The lowest BCUT2D eigenvalue weighted by atomic mass is 10.1. The van der Waals surface area contributed by atoms with Crippen molar-refractivity contribution >= 4 is 23.0 Å². The molecule has 1 aromatic carbocycles. The number of benzene rings is 1. The highest BCUT2D eigenvalue weighted by atomic mass is 19.4. The SMILES string of the molecule is COc1ccc(-n2cc(C(=O)O)c(CNC(=O)OC(C)(C)C)n2)c2ccc(C(F)(F)F)nc12. The zero-order valence-electron chi connectivity index (χ0n) is 18.1. The number of rotatable bonds is 5. The number of aromatic nitrogens is 3. The molecule has 2 N–H and O–H groups in total. The zero-order valence-corrected chi connectivity index (χ0v) is 18.1. The molecule has 0 atom stereocenters.